The minimum Gasteiger partial charge on any atom is -0.479 e. The predicted octanol–water partition coefficient (Wildman–Crippen LogP) is 2.20. The molecule has 1 amide bonds. The Morgan fingerprint density at radius 1 is 1.40 bits per heavy atom. The second kappa shape index (κ2) is 6.12. The lowest BCUT2D eigenvalue weighted by molar-refractivity contribution is -0.195. The van der Waals surface area contributed by atoms with Gasteiger partial charge in [0.05, 0.1) is 6.10 Å². The van der Waals surface area contributed by atoms with E-state index in [9.17, 15) is 14.7 Å². The van der Waals surface area contributed by atoms with Gasteiger partial charge in [-0.2, -0.15) is 0 Å². The molecule has 3 atom stereocenters. The zero-order valence-electron chi connectivity index (χ0n) is 13.2. The van der Waals surface area contributed by atoms with Gasteiger partial charge in [-0.3, -0.25) is 4.79 Å². The number of rotatable bonds is 7. The highest BCUT2D eigenvalue weighted by Crippen LogP contribution is 2.51. The van der Waals surface area contributed by atoms with Crippen LogP contribution in [0, 0.1) is 11.3 Å². The molecular formula is C15H27NO4. The van der Waals surface area contributed by atoms with Crippen molar-refractivity contribution in [2.75, 3.05) is 6.61 Å². The Hall–Kier alpha value is -1.10. The number of carboxylic acid groups (broad SMARTS) is 1. The first kappa shape index (κ1) is 17.0. The molecule has 116 valence electrons. The SMILES string of the molecule is CCCC(C)C(=O)NC1(C(=O)O)CC(OCC)C1(C)C. The molecule has 0 aliphatic heterocycles. The molecule has 0 saturated heterocycles. The number of amides is 1. The molecule has 0 aromatic carbocycles. The van der Waals surface area contributed by atoms with Crippen LogP contribution in [-0.4, -0.2) is 35.2 Å². The van der Waals surface area contributed by atoms with Crippen LogP contribution < -0.4 is 5.32 Å². The number of aliphatic carboxylic acids is 1. The molecule has 3 unspecified atom stereocenters. The summed E-state index contributed by atoms with van der Waals surface area (Å²) < 4.78 is 5.57. The molecular weight excluding hydrogens is 258 g/mol. The number of carbonyl (C=O) groups excluding carboxylic acids is 1. The van der Waals surface area contributed by atoms with Crippen LogP contribution in [0.4, 0.5) is 0 Å². The minimum atomic E-state index is -1.22. The Bertz CT molecular complexity index is 380. The molecule has 0 aromatic rings. The van der Waals surface area contributed by atoms with Crippen LogP contribution in [-0.2, 0) is 14.3 Å². The maximum absolute atomic E-state index is 12.2. The first-order valence-corrected chi connectivity index (χ1v) is 7.40. The van der Waals surface area contributed by atoms with Gasteiger partial charge in [0.2, 0.25) is 5.91 Å². The van der Waals surface area contributed by atoms with Gasteiger partial charge in [-0.25, -0.2) is 4.79 Å². The molecule has 1 aliphatic rings. The van der Waals surface area contributed by atoms with E-state index in [4.69, 9.17) is 4.74 Å². The van der Waals surface area contributed by atoms with Crippen LogP contribution in [0.15, 0.2) is 0 Å². The number of ether oxygens (including phenoxy) is 1. The number of hydrogen-bond donors (Lipinski definition) is 2. The van der Waals surface area contributed by atoms with E-state index in [0.717, 1.165) is 12.8 Å². The van der Waals surface area contributed by atoms with Crippen molar-refractivity contribution in [1.29, 1.82) is 0 Å². The lowest BCUT2D eigenvalue weighted by Crippen LogP contribution is -2.76. The highest BCUT2D eigenvalue weighted by atomic mass is 16.5. The second-order valence-electron chi connectivity index (χ2n) is 6.26. The van der Waals surface area contributed by atoms with Crippen molar-refractivity contribution in [3.8, 4) is 0 Å². The standard InChI is InChI=1S/C15H27NO4/c1-6-8-10(3)12(17)16-15(13(18)19)9-11(20-7-2)14(15,4)5/h10-11H,6-9H2,1-5H3,(H,16,17)(H,18,19). The van der Waals surface area contributed by atoms with E-state index in [1.54, 1.807) is 0 Å². The van der Waals surface area contributed by atoms with E-state index in [-0.39, 0.29) is 17.9 Å². The maximum Gasteiger partial charge on any atom is 0.330 e. The molecule has 1 saturated carbocycles. The topological polar surface area (TPSA) is 75.6 Å². The first-order valence-electron chi connectivity index (χ1n) is 7.40. The zero-order valence-corrected chi connectivity index (χ0v) is 13.2. The fourth-order valence-electron chi connectivity index (χ4n) is 2.93. The third-order valence-electron chi connectivity index (χ3n) is 4.64. The highest BCUT2D eigenvalue weighted by Gasteiger charge is 2.66. The van der Waals surface area contributed by atoms with Gasteiger partial charge in [-0.1, -0.05) is 34.1 Å². The first-order chi connectivity index (χ1) is 9.22. The fourth-order valence-corrected chi connectivity index (χ4v) is 2.93. The molecule has 0 bridgehead atoms. The fraction of sp³-hybridized carbons (Fsp3) is 0.867. The lowest BCUT2D eigenvalue weighted by atomic mass is 9.54. The van der Waals surface area contributed by atoms with E-state index in [0.29, 0.717) is 13.0 Å². The molecule has 0 radical (unpaired) electrons. The van der Waals surface area contributed by atoms with E-state index < -0.39 is 16.9 Å². The summed E-state index contributed by atoms with van der Waals surface area (Å²) in [6, 6.07) is 0. The molecule has 20 heavy (non-hydrogen) atoms. The molecule has 0 aromatic heterocycles. The Kier molecular flexibility index (Phi) is 5.19. The van der Waals surface area contributed by atoms with Gasteiger partial charge in [-0.15, -0.1) is 0 Å². The van der Waals surface area contributed by atoms with E-state index >= 15 is 0 Å². The normalized spacial score (nSPS) is 29.4. The maximum atomic E-state index is 12.2. The molecule has 1 aliphatic carbocycles. The predicted molar refractivity (Wildman–Crippen MR) is 76.4 cm³/mol. The van der Waals surface area contributed by atoms with Gasteiger partial charge in [0, 0.05) is 24.4 Å². The monoisotopic (exact) mass is 285 g/mol. The third-order valence-corrected chi connectivity index (χ3v) is 4.64. The minimum absolute atomic E-state index is 0.134. The molecule has 0 spiro atoms. The molecule has 1 fully saturated rings. The Morgan fingerprint density at radius 2 is 2.00 bits per heavy atom. The van der Waals surface area contributed by atoms with Gasteiger partial charge in [0.25, 0.3) is 0 Å². The van der Waals surface area contributed by atoms with Crippen LogP contribution in [0.5, 0.6) is 0 Å². The average molecular weight is 285 g/mol. The summed E-state index contributed by atoms with van der Waals surface area (Å²) >= 11 is 0. The van der Waals surface area contributed by atoms with Crippen LogP contribution in [0.1, 0.15) is 53.9 Å². The third kappa shape index (κ3) is 2.68. The van der Waals surface area contributed by atoms with Crippen molar-refractivity contribution in [2.24, 2.45) is 11.3 Å². The summed E-state index contributed by atoms with van der Waals surface area (Å²) in [6.45, 7) is 9.96. The molecule has 0 heterocycles. The summed E-state index contributed by atoms with van der Waals surface area (Å²) in [6.07, 6.45) is 1.86. The van der Waals surface area contributed by atoms with Gasteiger partial charge in [0.15, 0.2) is 0 Å². The van der Waals surface area contributed by atoms with Crippen LogP contribution >= 0.6 is 0 Å². The van der Waals surface area contributed by atoms with Crippen molar-refractivity contribution in [1.82, 2.24) is 5.32 Å². The number of nitrogens with one attached hydrogen (secondary N) is 1. The van der Waals surface area contributed by atoms with Crippen LogP contribution in [0.2, 0.25) is 0 Å². The van der Waals surface area contributed by atoms with Gasteiger partial charge in [-0.05, 0) is 13.3 Å². The van der Waals surface area contributed by atoms with Crippen molar-refractivity contribution in [3.63, 3.8) is 0 Å². The van der Waals surface area contributed by atoms with Gasteiger partial charge >= 0.3 is 5.97 Å². The smallest absolute Gasteiger partial charge is 0.330 e. The van der Waals surface area contributed by atoms with Crippen molar-refractivity contribution in [2.45, 2.75) is 65.5 Å². The second-order valence-corrected chi connectivity index (χ2v) is 6.26. The molecule has 5 heteroatoms. The largest absolute Gasteiger partial charge is 0.479 e. The quantitative estimate of drug-likeness (QED) is 0.752. The number of carbonyl (C=O) groups is 2. The van der Waals surface area contributed by atoms with E-state index in [1.165, 1.54) is 0 Å². The van der Waals surface area contributed by atoms with Crippen LogP contribution in [0.3, 0.4) is 0 Å². The number of hydrogen-bond acceptors (Lipinski definition) is 3. The Labute approximate surface area is 121 Å². The Balaban J connectivity index is 2.86. The van der Waals surface area contributed by atoms with Crippen molar-refractivity contribution in [3.05, 3.63) is 0 Å². The highest BCUT2D eigenvalue weighted by molar-refractivity contribution is 5.90. The van der Waals surface area contributed by atoms with Gasteiger partial charge < -0.3 is 15.2 Å². The molecule has 5 nitrogen and oxygen atoms in total. The van der Waals surface area contributed by atoms with Crippen molar-refractivity contribution >= 4 is 11.9 Å². The summed E-state index contributed by atoms with van der Waals surface area (Å²) in [4.78, 5) is 23.9. The summed E-state index contributed by atoms with van der Waals surface area (Å²) in [7, 11) is 0. The van der Waals surface area contributed by atoms with Crippen molar-refractivity contribution < 1.29 is 19.4 Å². The average Bonchev–Trinajstić information content (AvgIpc) is 2.36. The number of carboxylic acids is 1. The summed E-state index contributed by atoms with van der Waals surface area (Å²) in [5, 5.41) is 12.4. The Morgan fingerprint density at radius 3 is 2.40 bits per heavy atom. The summed E-state index contributed by atoms with van der Waals surface area (Å²) in [5.74, 6) is -1.33. The van der Waals surface area contributed by atoms with E-state index in [1.807, 2.05) is 34.6 Å². The zero-order chi connectivity index (χ0) is 15.6. The lowest BCUT2D eigenvalue weighted by Gasteiger charge is -2.58. The molecule has 2 N–H and O–H groups in total. The van der Waals surface area contributed by atoms with Crippen LogP contribution in [0.25, 0.3) is 0 Å². The summed E-state index contributed by atoms with van der Waals surface area (Å²) in [5.41, 5.74) is -1.83. The molecule has 1 rings (SSSR count). The van der Waals surface area contributed by atoms with Gasteiger partial charge in [0.1, 0.15) is 5.54 Å². The van der Waals surface area contributed by atoms with E-state index in [2.05, 4.69) is 5.32 Å².